The number of hydrogen-bond donors (Lipinski definition) is 0. The second-order valence-electron chi connectivity index (χ2n) is 3.70. The van der Waals surface area contributed by atoms with E-state index in [2.05, 4.69) is 11.1 Å². The number of benzene rings is 1. The third-order valence-corrected chi connectivity index (χ3v) is 2.32. The van der Waals surface area contributed by atoms with Gasteiger partial charge in [-0.3, -0.25) is 0 Å². The number of aryl methyl sites for hydroxylation is 1. The molecule has 0 fully saturated rings. The summed E-state index contributed by atoms with van der Waals surface area (Å²) in [6.45, 7) is 1.91. The Kier molecular flexibility index (Phi) is 5.05. The monoisotopic (exact) mass is 325 g/mol. The summed E-state index contributed by atoms with van der Waals surface area (Å²) in [6.07, 6.45) is -4.43. The third-order valence-electron chi connectivity index (χ3n) is 2.32. The topological polar surface area (TPSA) is 12.9 Å². The number of halogens is 3. The number of nitrogens with zero attached hydrogens (tertiary/aromatic N) is 1. The second kappa shape index (κ2) is 5.94. The van der Waals surface area contributed by atoms with E-state index in [-0.39, 0.29) is 38.4 Å². The molecule has 0 aliphatic carbocycles. The first-order valence-electron chi connectivity index (χ1n) is 4.99. The van der Waals surface area contributed by atoms with Crippen LogP contribution in [-0.2, 0) is 38.9 Å². The standard InChI is InChI=1S/C13H9F3N.Y/c1-9-5-7-10(8-6-9)11-3-2-4-12(17-11)13(14,15)16;/h3-8H,1H3;/q-1;. The summed E-state index contributed by atoms with van der Waals surface area (Å²) in [5.41, 5.74) is 1.05. The van der Waals surface area contributed by atoms with Crippen LogP contribution in [0.3, 0.4) is 0 Å². The molecule has 1 heterocycles. The number of rotatable bonds is 1. The van der Waals surface area contributed by atoms with Gasteiger partial charge < -0.3 is 4.98 Å². The van der Waals surface area contributed by atoms with Crippen molar-refractivity contribution in [1.29, 1.82) is 0 Å². The molecule has 2 rings (SSSR count). The molecule has 1 aromatic carbocycles. The van der Waals surface area contributed by atoms with E-state index in [0.29, 0.717) is 5.56 Å². The first-order valence-corrected chi connectivity index (χ1v) is 4.99. The zero-order valence-electron chi connectivity index (χ0n) is 9.62. The van der Waals surface area contributed by atoms with Gasteiger partial charge in [0, 0.05) is 38.4 Å². The van der Waals surface area contributed by atoms with Crippen LogP contribution in [0.1, 0.15) is 11.3 Å². The summed E-state index contributed by atoms with van der Waals surface area (Å²) in [6, 6.07) is 11.9. The van der Waals surface area contributed by atoms with Crippen LogP contribution >= 0.6 is 0 Å². The third kappa shape index (κ3) is 3.63. The molecule has 0 spiro atoms. The van der Waals surface area contributed by atoms with Gasteiger partial charge in [-0.2, -0.15) is 25.3 Å². The molecule has 0 amide bonds. The van der Waals surface area contributed by atoms with Crippen molar-refractivity contribution >= 4 is 0 Å². The van der Waals surface area contributed by atoms with Crippen molar-refractivity contribution in [2.45, 2.75) is 13.1 Å². The maximum absolute atomic E-state index is 12.5. The SMILES string of the molecule is Cc1ccc(-c2c[c-]cc(C(F)(F)F)n2)cc1.[Y]. The molecule has 0 aliphatic heterocycles. The van der Waals surface area contributed by atoms with Crippen LogP contribution in [0, 0.1) is 13.0 Å². The molecule has 1 radical (unpaired) electrons. The molecule has 0 aliphatic rings. The van der Waals surface area contributed by atoms with Crippen molar-refractivity contribution in [2.75, 3.05) is 0 Å². The first kappa shape index (κ1) is 15.3. The number of aromatic nitrogens is 1. The van der Waals surface area contributed by atoms with Gasteiger partial charge in [0.1, 0.15) is 0 Å². The van der Waals surface area contributed by atoms with Gasteiger partial charge in [0.2, 0.25) is 0 Å². The fourth-order valence-corrected chi connectivity index (χ4v) is 1.41. The maximum Gasteiger partial charge on any atom is 0.385 e. The predicted octanol–water partition coefficient (Wildman–Crippen LogP) is 3.87. The molecule has 0 saturated carbocycles. The van der Waals surface area contributed by atoms with Crippen LogP contribution in [0.4, 0.5) is 13.2 Å². The summed E-state index contributed by atoms with van der Waals surface area (Å²) in [5, 5.41) is 0. The molecule has 0 N–H and O–H groups in total. The van der Waals surface area contributed by atoms with E-state index in [1.807, 2.05) is 19.1 Å². The molecule has 2 aromatic rings. The molecule has 0 saturated heterocycles. The Morgan fingerprint density at radius 1 is 1.06 bits per heavy atom. The average Bonchev–Trinajstić information content (AvgIpc) is 2.29. The van der Waals surface area contributed by atoms with Gasteiger partial charge in [0.15, 0.2) is 0 Å². The second-order valence-corrected chi connectivity index (χ2v) is 3.70. The van der Waals surface area contributed by atoms with E-state index < -0.39 is 11.9 Å². The summed E-state index contributed by atoms with van der Waals surface area (Å²) >= 11 is 0. The average molecular weight is 325 g/mol. The largest absolute Gasteiger partial charge is 0.385 e. The minimum Gasteiger partial charge on any atom is -0.371 e. The van der Waals surface area contributed by atoms with Crippen LogP contribution in [-0.4, -0.2) is 4.98 Å². The normalized spacial score (nSPS) is 10.9. The van der Waals surface area contributed by atoms with Crippen LogP contribution in [0.2, 0.25) is 0 Å². The van der Waals surface area contributed by atoms with Crippen molar-refractivity contribution < 1.29 is 45.9 Å². The van der Waals surface area contributed by atoms with Crippen molar-refractivity contribution in [3.63, 3.8) is 0 Å². The van der Waals surface area contributed by atoms with E-state index in [1.54, 1.807) is 12.1 Å². The van der Waals surface area contributed by atoms with Gasteiger partial charge in [-0.05, 0) is 12.6 Å². The molecule has 0 atom stereocenters. The van der Waals surface area contributed by atoms with Crippen LogP contribution in [0.5, 0.6) is 0 Å². The smallest absolute Gasteiger partial charge is 0.371 e. The molecular weight excluding hydrogens is 316 g/mol. The Morgan fingerprint density at radius 2 is 1.67 bits per heavy atom. The van der Waals surface area contributed by atoms with Gasteiger partial charge in [-0.25, -0.2) is 0 Å². The Bertz CT molecular complexity index is 521. The molecule has 1 nitrogen and oxygen atoms in total. The molecule has 0 unspecified atom stereocenters. The molecule has 18 heavy (non-hydrogen) atoms. The van der Waals surface area contributed by atoms with E-state index in [1.165, 1.54) is 6.07 Å². The minimum absolute atomic E-state index is 0. The Labute approximate surface area is 128 Å². The van der Waals surface area contributed by atoms with Gasteiger partial charge >= 0.3 is 6.18 Å². The number of pyridine rings is 1. The van der Waals surface area contributed by atoms with E-state index >= 15 is 0 Å². The summed E-state index contributed by atoms with van der Waals surface area (Å²) in [4.78, 5) is 3.59. The fraction of sp³-hybridized carbons (Fsp3) is 0.154. The van der Waals surface area contributed by atoms with Gasteiger partial charge in [-0.15, -0.1) is 6.07 Å². The Balaban J connectivity index is 0.00000162. The van der Waals surface area contributed by atoms with Crippen LogP contribution < -0.4 is 0 Å². The number of hydrogen-bond acceptors (Lipinski definition) is 1. The van der Waals surface area contributed by atoms with Crippen LogP contribution in [0.25, 0.3) is 11.3 Å². The van der Waals surface area contributed by atoms with Gasteiger partial charge in [0.05, 0.1) is 0 Å². The fourth-order valence-electron chi connectivity index (χ4n) is 1.41. The first-order chi connectivity index (χ1) is 7.97. The van der Waals surface area contributed by atoms with Crippen LogP contribution in [0.15, 0.2) is 36.4 Å². The predicted molar refractivity (Wildman–Crippen MR) is 58.2 cm³/mol. The van der Waals surface area contributed by atoms with Crippen molar-refractivity contribution in [1.82, 2.24) is 4.98 Å². The Hall–Kier alpha value is -0.736. The molecule has 1 aromatic heterocycles. The quantitative estimate of drug-likeness (QED) is 0.725. The molecular formula is C13H9F3NY-. The summed E-state index contributed by atoms with van der Waals surface area (Å²) in [7, 11) is 0. The molecule has 0 bridgehead atoms. The van der Waals surface area contributed by atoms with Gasteiger partial charge in [-0.1, -0.05) is 35.4 Å². The summed E-state index contributed by atoms with van der Waals surface area (Å²) < 4.78 is 37.4. The zero-order chi connectivity index (χ0) is 12.5. The van der Waals surface area contributed by atoms with Crippen molar-refractivity contribution in [3.05, 3.63) is 53.7 Å². The van der Waals surface area contributed by atoms with Crippen molar-refractivity contribution in [3.8, 4) is 11.3 Å². The Morgan fingerprint density at radius 3 is 2.22 bits per heavy atom. The zero-order valence-corrected chi connectivity index (χ0v) is 12.5. The molecule has 91 valence electrons. The van der Waals surface area contributed by atoms with E-state index in [4.69, 9.17) is 0 Å². The van der Waals surface area contributed by atoms with Gasteiger partial charge in [0.25, 0.3) is 0 Å². The molecule has 5 heteroatoms. The van der Waals surface area contributed by atoms with E-state index in [0.717, 1.165) is 11.6 Å². The number of alkyl halides is 3. The van der Waals surface area contributed by atoms with Crippen molar-refractivity contribution in [2.24, 2.45) is 0 Å². The minimum atomic E-state index is -4.43. The maximum atomic E-state index is 12.5. The summed E-state index contributed by atoms with van der Waals surface area (Å²) in [5.74, 6) is 0. The van der Waals surface area contributed by atoms with E-state index in [9.17, 15) is 13.2 Å².